The van der Waals surface area contributed by atoms with Crippen LogP contribution in [0.4, 0.5) is 0 Å². The molecule has 0 fully saturated rings. The first-order valence-electron chi connectivity index (χ1n) is 6.58. The van der Waals surface area contributed by atoms with Crippen LogP contribution in [-0.4, -0.2) is 48.8 Å². The fourth-order valence-electron chi connectivity index (χ4n) is 1.66. The predicted molar refractivity (Wildman–Crippen MR) is 81.4 cm³/mol. The van der Waals surface area contributed by atoms with E-state index in [1.54, 1.807) is 30.3 Å². The SMILES string of the molecule is NCC#CCN(CC(N)=O)CC(=O)NC(=O)c1ccccc1. The van der Waals surface area contributed by atoms with E-state index < -0.39 is 17.7 Å². The summed E-state index contributed by atoms with van der Waals surface area (Å²) in [7, 11) is 0. The van der Waals surface area contributed by atoms with E-state index in [4.69, 9.17) is 11.5 Å². The Balaban J connectivity index is 2.58. The number of carbonyl (C=O) groups excluding carboxylic acids is 3. The first-order chi connectivity index (χ1) is 10.5. The fourth-order valence-corrected chi connectivity index (χ4v) is 1.66. The Hall–Kier alpha value is -2.69. The van der Waals surface area contributed by atoms with Gasteiger partial charge in [0.15, 0.2) is 0 Å². The minimum atomic E-state index is -0.586. The molecule has 0 aromatic heterocycles. The molecule has 0 heterocycles. The highest BCUT2D eigenvalue weighted by atomic mass is 16.2. The first-order valence-corrected chi connectivity index (χ1v) is 6.58. The average Bonchev–Trinajstić information content (AvgIpc) is 2.47. The van der Waals surface area contributed by atoms with Crippen LogP contribution in [0.5, 0.6) is 0 Å². The number of imide groups is 1. The van der Waals surface area contributed by atoms with Crippen molar-refractivity contribution in [3.05, 3.63) is 35.9 Å². The highest BCUT2D eigenvalue weighted by Gasteiger charge is 2.15. The third kappa shape index (κ3) is 6.65. The van der Waals surface area contributed by atoms with Crippen LogP contribution in [0.1, 0.15) is 10.4 Å². The van der Waals surface area contributed by atoms with Crippen LogP contribution in [0.25, 0.3) is 0 Å². The quantitative estimate of drug-likeness (QED) is 0.564. The number of rotatable bonds is 6. The molecule has 1 rings (SSSR count). The Kier molecular flexibility index (Phi) is 7.33. The first kappa shape index (κ1) is 17.4. The number of primary amides is 1. The van der Waals surface area contributed by atoms with Crippen LogP contribution in [0.15, 0.2) is 30.3 Å². The Morgan fingerprint density at radius 2 is 1.77 bits per heavy atom. The van der Waals surface area contributed by atoms with E-state index in [0.717, 1.165) is 0 Å². The van der Waals surface area contributed by atoms with E-state index in [0.29, 0.717) is 5.56 Å². The molecule has 0 atom stereocenters. The van der Waals surface area contributed by atoms with Gasteiger partial charge in [0.25, 0.3) is 5.91 Å². The molecular formula is C15H18N4O3. The zero-order chi connectivity index (χ0) is 16.4. The monoisotopic (exact) mass is 302 g/mol. The number of benzene rings is 1. The lowest BCUT2D eigenvalue weighted by Gasteiger charge is -2.16. The molecule has 0 saturated carbocycles. The molecule has 0 bridgehead atoms. The standard InChI is InChI=1S/C15H18N4O3/c16-8-4-5-9-19(10-13(17)20)11-14(21)18-15(22)12-6-2-1-3-7-12/h1-3,6-7H,8-11,16H2,(H2,17,20)(H,18,21,22). The van der Waals surface area contributed by atoms with Gasteiger partial charge in [0.1, 0.15) is 0 Å². The number of carbonyl (C=O) groups is 3. The summed E-state index contributed by atoms with van der Waals surface area (Å²) in [6, 6.07) is 8.35. The van der Waals surface area contributed by atoms with Crippen molar-refractivity contribution >= 4 is 17.7 Å². The molecule has 3 amide bonds. The van der Waals surface area contributed by atoms with Crippen molar-refractivity contribution in [1.29, 1.82) is 0 Å². The van der Waals surface area contributed by atoms with E-state index in [9.17, 15) is 14.4 Å². The summed E-state index contributed by atoms with van der Waals surface area (Å²) in [5.41, 5.74) is 10.7. The van der Waals surface area contributed by atoms with Gasteiger partial charge < -0.3 is 11.5 Å². The van der Waals surface area contributed by atoms with Crippen molar-refractivity contribution in [2.75, 3.05) is 26.2 Å². The Bertz CT molecular complexity index is 590. The van der Waals surface area contributed by atoms with Crippen LogP contribution < -0.4 is 16.8 Å². The molecule has 0 radical (unpaired) electrons. The Morgan fingerprint density at radius 1 is 1.09 bits per heavy atom. The molecule has 7 nitrogen and oxygen atoms in total. The maximum Gasteiger partial charge on any atom is 0.257 e. The van der Waals surface area contributed by atoms with Gasteiger partial charge in [0, 0.05) is 5.56 Å². The van der Waals surface area contributed by atoms with Crippen LogP contribution in [0.2, 0.25) is 0 Å². The van der Waals surface area contributed by atoms with Crippen molar-refractivity contribution in [1.82, 2.24) is 10.2 Å². The van der Waals surface area contributed by atoms with Crippen molar-refractivity contribution < 1.29 is 14.4 Å². The van der Waals surface area contributed by atoms with Gasteiger partial charge in [0.2, 0.25) is 11.8 Å². The molecule has 116 valence electrons. The minimum absolute atomic E-state index is 0.133. The lowest BCUT2D eigenvalue weighted by Crippen LogP contribution is -2.43. The second kappa shape index (κ2) is 9.28. The number of nitrogens with two attached hydrogens (primary N) is 2. The lowest BCUT2D eigenvalue weighted by atomic mass is 10.2. The summed E-state index contributed by atoms with van der Waals surface area (Å²) in [6.45, 7) is 0.0448. The molecule has 0 unspecified atom stereocenters. The van der Waals surface area contributed by atoms with Gasteiger partial charge in [-0.25, -0.2) is 0 Å². The number of hydrogen-bond donors (Lipinski definition) is 3. The van der Waals surface area contributed by atoms with Crippen LogP contribution >= 0.6 is 0 Å². The molecule has 22 heavy (non-hydrogen) atoms. The number of nitrogens with zero attached hydrogens (tertiary/aromatic N) is 1. The fraction of sp³-hybridized carbons (Fsp3) is 0.267. The molecule has 0 aliphatic rings. The van der Waals surface area contributed by atoms with E-state index in [2.05, 4.69) is 17.2 Å². The van der Waals surface area contributed by atoms with E-state index in [-0.39, 0.29) is 26.2 Å². The van der Waals surface area contributed by atoms with E-state index in [1.807, 2.05) is 0 Å². The van der Waals surface area contributed by atoms with Crippen LogP contribution in [0.3, 0.4) is 0 Å². The number of hydrogen-bond acceptors (Lipinski definition) is 5. The van der Waals surface area contributed by atoms with Crippen molar-refractivity contribution in [3.8, 4) is 11.8 Å². The summed E-state index contributed by atoms with van der Waals surface area (Å²) in [5.74, 6) is 3.71. The van der Waals surface area contributed by atoms with Gasteiger partial charge in [-0.1, -0.05) is 30.0 Å². The van der Waals surface area contributed by atoms with Crippen molar-refractivity contribution in [2.45, 2.75) is 0 Å². The highest BCUT2D eigenvalue weighted by Crippen LogP contribution is 1.98. The summed E-state index contributed by atoms with van der Waals surface area (Å²) in [5, 5.41) is 2.25. The molecule has 0 spiro atoms. The molecular weight excluding hydrogens is 284 g/mol. The zero-order valence-electron chi connectivity index (χ0n) is 12.0. The molecule has 1 aromatic rings. The van der Waals surface area contributed by atoms with Gasteiger partial charge in [-0.15, -0.1) is 0 Å². The molecule has 0 saturated heterocycles. The van der Waals surface area contributed by atoms with Crippen molar-refractivity contribution in [3.63, 3.8) is 0 Å². The second-order valence-corrected chi connectivity index (χ2v) is 4.41. The van der Waals surface area contributed by atoms with Crippen molar-refractivity contribution in [2.24, 2.45) is 11.5 Å². The summed E-state index contributed by atoms with van der Waals surface area (Å²) >= 11 is 0. The van der Waals surface area contributed by atoms with Gasteiger partial charge in [0.05, 0.1) is 26.2 Å². The van der Waals surface area contributed by atoms with Gasteiger partial charge in [-0.3, -0.25) is 24.6 Å². The van der Waals surface area contributed by atoms with Gasteiger partial charge in [-0.2, -0.15) is 0 Å². The van der Waals surface area contributed by atoms with E-state index >= 15 is 0 Å². The van der Waals surface area contributed by atoms with Crippen LogP contribution in [0, 0.1) is 11.8 Å². The van der Waals surface area contributed by atoms with Gasteiger partial charge >= 0.3 is 0 Å². The molecule has 1 aromatic carbocycles. The smallest absolute Gasteiger partial charge is 0.257 e. The largest absolute Gasteiger partial charge is 0.369 e. The number of nitrogens with one attached hydrogen (secondary N) is 1. The lowest BCUT2D eigenvalue weighted by molar-refractivity contribution is -0.122. The van der Waals surface area contributed by atoms with E-state index in [1.165, 1.54) is 4.90 Å². The molecule has 0 aliphatic carbocycles. The third-order valence-corrected chi connectivity index (χ3v) is 2.57. The summed E-state index contributed by atoms with van der Waals surface area (Å²) in [4.78, 5) is 36.1. The second-order valence-electron chi connectivity index (χ2n) is 4.41. The Labute approximate surface area is 128 Å². The zero-order valence-corrected chi connectivity index (χ0v) is 12.0. The van der Waals surface area contributed by atoms with Crippen LogP contribution in [-0.2, 0) is 9.59 Å². The molecule has 5 N–H and O–H groups in total. The third-order valence-electron chi connectivity index (χ3n) is 2.57. The normalized spacial score (nSPS) is 9.73. The summed E-state index contributed by atoms with van der Waals surface area (Å²) < 4.78 is 0. The average molecular weight is 302 g/mol. The maximum absolute atomic E-state index is 11.9. The molecule has 0 aliphatic heterocycles. The summed E-state index contributed by atoms with van der Waals surface area (Å²) in [6.07, 6.45) is 0. The van der Waals surface area contributed by atoms with Gasteiger partial charge in [-0.05, 0) is 12.1 Å². The minimum Gasteiger partial charge on any atom is -0.369 e. The predicted octanol–water partition coefficient (Wildman–Crippen LogP) is -1.31. The maximum atomic E-state index is 11.9. The topological polar surface area (TPSA) is 119 Å². The Morgan fingerprint density at radius 3 is 2.36 bits per heavy atom. The highest BCUT2D eigenvalue weighted by molar-refractivity contribution is 6.05. The number of amides is 3. The molecule has 7 heteroatoms.